The third-order valence-corrected chi connectivity index (χ3v) is 2.83. The first-order valence-corrected chi connectivity index (χ1v) is 6.30. The van der Waals surface area contributed by atoms with Gasteiger partial charge in [-0.1, -0.05) is 0 Å². The Balaban J connectivity index is 2.31. The van der Waals surface area contributed by atoms with Gasteiger partial charge in [-0.15, -0.1) is 0 Å². The average Bonchev–Trinajstić information content (AvgIpc) is 2.38. The highest BCUT2D eigenvalue weighted by Gasteiger charge is 2.39. The van der Waals surface area contributed by atoms with E-state index in [2.05, 4.69) is 5.32 Å². The number of carbonyl (C=O) groups is 3. The van der Waals surface area contributed by atoms with Crippen LogP contribution >= 0.6 is 0 Å². The summed E-state index contributed by atoms with van der Waals surface area (Å²) in [5, 5.41) is 20.9. The summed E-state index contributed by atoms with van der Waals surface area (Å²) >= 11 is 0. The Bertz CT molecular complexity index is 717. The Labute approximate surface area is 129 Å². The van der Waals surface area contributed by atoms with Gasteiger partial charge in [0.25, 0.3) is 5.79 Å². The molecule has 1 aromatic rings. The Morgan fingerprint density at radius 3 is 2.35 bits per heavy atom. The minimum atomic E-state index is -1.67. The molecule has 0 unspecified atom stereocenters. The number of hydrogen-bond donors (Lipinski definition) is 3. The summed E-state index contributed by atoms with van der Waals surface area (Å²) in [4.78, 5) is 34.3. The normalized spacial score (nSPS) is 16.4. The zero-order chi connectivity index (χ0) is 17.4. The highest BCUT2D eigenvalue weighted by Crippen LogP contribution is 2.30. The molecule has 1 aliphatic rings. The Kier molecular flexibility index (Phi) is 3.96. The van der Waals surface area contributed by atoms with E-state index in [1.807, 2.05) is 0 Å². The van der Waals surface area contributed by atoms with Crippen molar-refractivity contribution >= 4 is 23.6 Å². The molecule has 1 saturated heterocycles. The summed E-state index contributed by atoms with van der Waals surface area (Å²) < 4.78 is 23.1. The maximum Gasteiger partial charge on any atom is 0.350 e. The van der Waals surface area contributed by atoms with Crippen LogP contribution in [0.4, 0.5) is 10.1 Å². The van der Waals surface area contributed by atoms with Crippen molar-refractivity contribution in [3.63, 3.8) is 0 Å². The zero-order valence-corrected chi connectivity index (χ0v) is 12.0. The second-order valence-corrected chi connectivity index (χ2v) is 5.00. The number of hydrogen-bond acceptors (Lipinski definition) is 7. The maximum absolute atomic E-state index is 13.4. The van der Waals surface area contributed by atoms with Crippen molar-refractivity contribution in [1.82, 2.24) is 0 Å². The fraction of sp³-hybridized carbons (Fsp3) is 0.214. The van der Waals surface area contributed by atoms with E-state index in [0.717, 1.165) is 18.3 Å². The number of cyclic esters (lactones) is 2. The van der Waals surface area contributed by atoms with Gasteiger partial charge in [0.2, 0.25) is 0 Å². The first-order chi connectivity index (χ1) is 10.6. The van der Waals surface area contributed by atoms with Crippen molar-refractivity contribution in [2.45, 2.75) is 19.6 Å². The quantitative estimate of drug-likeness (QED) is 0.329. The van der Waals surface area contributed by atoms with Gasteiger partial charge in [0.1, 0.15) is 11.4 Å². The van der Waals surface area contributed by atoms with E-state index in [1.54, 1.807) is 0 Å². The molecule has 0 spiro atoms. The predicted octanol–water partition coefficient (Wildman–Crippen LogP) is 1.36. The SMILES string of the molecule is CC1(C)OC(=O)C(=CNc2ccc(F)c(C(=O)O)c2O)C(=O)O1. The monoisotopic (exact) mass is 325 g/mol. The number of anilines is 1. The van der Waals surface area contributed by atoms with Crippen molar-refractivity contribution in [2.75, 3.05) is 5.32 Å². The fourth-order valence-electron chi connectivity index (χ4n) is 1.81. The standard InChI is InChI=1S/C14H12FNO7/c1-14(2)22-12(20)6(13(21)23-14)5-16-8-4-3-7(15)9(10(8)17)11(18)19/h3-5,16-17H,1-2H3,(H,18,19). The van der Waals surface area contributed by atoms with Crippen LogP contribution in [0.1, 0.15) is 24.2 Å². The van der Waals surface area contributed by atoms with Crippen LogP contribution in [-0.4, -0.2) is 33.9 Å². The molecule has 23 heavy (non-hydrogen) atoms. The molecule has 3 N–H and O–H groups in total. The maximum atomic E-state index is 13.4. The van der Waals surface area contributed by atoms with Gasteiger partial charge in [0.15, 0.2) is 11.3 Å². The molecule has 122 valence electrons. The molecule has 0 radical (unpaired) electrons. The molecule has 0 aliphatic carbocycles. The molecule has 1 aliphatic heterocycles. The summed E-state index contributed by atoms with van der Waals surface area (Å²) in [6.45, 7) is 2.75. The van der Waals surface area contributed by atoms with Crippen LogP contribution < -0.4 is 5.32 Å². The van der Waals surface area contributed by atoms with Crippen LogP contribution in [0.2, 0.25) is 0 Å². The minimum absolute atomic E-state index is 0.221. The average molecular weight is 325 g/mol. The summed E-state index contributed by atoms with van der Waals surface area (Å²) in [6.07, 6.45) is 0.874. The van der Waals surface area contributed by atoms with E-state index in [0.29, 0.717) is 0 Å². The van der Waals surface area contributed by atoms with Crippen LogP contribution in [0.25, 0.3) is 0 Å². The van der Waals surface area contributed by atoms with Gasteiger partial charge in [0, 0.05) is 20.0 Å². The van der Waals surface area contributed by atoms with Crippen molar-refractivity contribution in [1.29, 1.82) is 0 Å². The smallest absolute Gasteiger partial charge is 0.350 e. The number of halogens is 1. The van der Waals surface area contributed by atoms with Gasteiger partial charge >= 0.3 is 17.9 Å². The molecule has 2 rings (SSSR count). The highest BCUT2D eigenvalue weighted by atomic mass is 19.1. The summed E-state index contributed by atoms with van der Waals surface area (Å²) in [7, 11) is 0. The Hall–Kier alpha value is -3.10. The topological polar surface area (TPSA) is 122 Å². The molecular formula is C14H12FNO7. The number of ether oxygens (including phenoxy) is 2. The molecular weight excluding hydrogens is 313 g/mol. The van der Waals surface area contributed by atoms with Gasteiger partial charge < -0.3 is 25.0 Å². The van der Waals surface area contributed by atoms with E-state index in [9.17, 15) is 23.9 Å². The Morgan fingerprint density at radius 2 is 1.83 bits per heavy atom. The number of esters is 2. The van der Waals surface area contributed by atoms with Crippen LogP contribution in [0, 0.1) is 5.82 Å². The molecule has 0 bridgehead atoms. The number of rotatable bonds is 3. The number of carbonyl (C=O) groups excluding carboxylic acids is 2. The van der Waals surface area contributed by atoms with Gasteiger partial charge in [-0.05, 0) is 12.1 Å². The number of benzene rings is 1. The third kappa shape index (κ3) is 3.23. The lowest BCUT2D eigenvalue weighted by molar-refractivity contribution is -0.222. The van der Waals surface area contributed by atoms with Gasteiger partial charge in [-0.25, -0.2) is 18.8 Å². The van der Waals surface area contributed by atoms with Crippen LogP contribution in [0.15, 0.2) is 23.9 Å². The van der Waals surface area contributed by atoms with Crippen LogP contribution in [-0.2, 0) is 19.1 Å². The van der Waals surface area contributed by atoms with E-state index in [-0.39, 0.29) is 5.69 Å². The number of aromatic hydroxyl groups is 1. The van der Waals surface area contributed by atoms with Crippen molar-refractivity contribution < 1.29 is 38.5 Å². The molecule has 1 aromatic carbocycles. The Morgan fingerprint density at radius 1 is 1.26 bits per heavy atom. The van der Waals surface area contributed by atoms with Crippen molar-refractivity contribution in [3.05, 3.63) is 35.3 Å². The van der Waals surface area contributed by atoms with Gasteiger partial charge in [-0.3, -0.25) is 0 Å². The molecule has 0 atom stereocenters. The molecule has 0 aromatic heterocycles. The summed E-state index contributed by atoms with van der Waals surface area (Å²) in [5.41, 5.74) is -1.66. The molecule has 1 fully saturated rings. The van der Waals surface area contributed by atoms with Crippen molar-refractivity contribution in [3.8, 4) is 5.75 Å². The number of nitrogens with one attached hydrogen (secondary N) is 1. The molecule has 9 heteroatoms. The lowest BCUT2D eigenvalue weighted by Crippen LogP contribution is -2.42. The van der Waals surface area contributed by atoms with E-state index in [1.165, 1.54) is 13.8 Å². The highest BCUT2D eigenvalue weighted by molar-refractivity contribution is 6.15. The van der Waals surface area contributed by atoms with Gasteiger partial charge in [0.05, 0.1) is 5.69 Å². The lowest BCUT2D eigenvalue weighted by atomic mass is 10.1. The molecule has 1 heterocycles. The number of aromatic carboxylic acids is 1. The van der Waals surface area contributed by atoms with E-state index in [4.69, 9.17) is 14.6 Å². The number of carboxylic acids is 1. The fourth-order valence-corrected chi connectivity index (χ4v) is 1.81. The molecule has 0 amide bonds. The third-order valence-electron chi connectivity index (χ3n) is 2.83. The second-order valence-electron chi connectivity index (χ2n) is 5.00. The minimum Gasteiger partial charge on any atom is -0.505 e. The van der Waals surface area contributed by atoms with Crippen LogP contribution in [0.5, 0.6) is 5.75 Å². The first-order valence-electron chi connectivity index (χ1n) is 6.30. The lowest BCUT2D eigenvalue weighted by Gasteiger charge is -2.29. The first kappa shape index (κ1) is 16.3. The van der Waals surface area contributed by atoms with Gasteiger partial charge in [-0.2, -0.15) is 0 Å². The van der Waals surface area contributed by atoms with Crippen LogP contribution in [0.3, 0.4) is 0 Å². The molecule has 0 saturated carbocycles. The van der Waals surface area contributed by atoms with Crippen molar-refractivity contribution in [2.24, 2.45) is 0 Å². The van der Waals surface area contributed by atoms with E-state index < -0.39 is 46.4 Å². The number of phenols is 1. The second kappa shape index (κ2) is 5.59. The zero-order valence-electron chi connectivity index (χ0n) is 12.0. The predicted molar refractivity (Wildman–Crippen MR) is 73.0 cm³/mol. The largest absolute Gasteiger partial charge is 0.505 e. The summed E-state index contributed by atoms with van der Waals surface area (Å²) in [5.74, 6) is -7.01. The molecule has 8 nitrogen and oxygen atoms in total. The van der Waals surface area contributed by atoms with E-state index >= 15 is 0 Å². The number of carboxylic acid groups (broad SMARTS) is 1. The summed E-state index contributed by atoms with van der Waals surface area (Å²) in [6, 6.07) is 1.85.